The van der Waals surface area contributed by atoms with Gasteiger partial charge in [0.05, 0.1) is 22.4 Å². The summed E-state index contributed by atoms with van der Waals surface area (Å²) in [5.41, 5.74) is 2.30. The number of hydrogen-bond acceptors (Lipinski definition) is 4. The van der Waals surface area contributed by atoms with Gasteiger partial charge in [-0.2, -0.15) is 0 Å². The van der Waals surface area contributed by atoms with E-state index < -0.39 is 24.3 Å². The fraction of sp³-hybridized carbons (Fsp3) is 0.0909. The van der Waals surface area contributed by atoms with Crippen LogP contribution in [0.25, 0.3) is 0 Å². The number of carbonyl (C=O) groups is 4. The van der Waals surface area contributed by atoms with Crippen molar-refractivity contribution in [2.24, 2.45) is 0 Å². The van der Waals surface area contributed by atoms with Crippen molar-refractivity contribution in [1.29, 1.82) is 0 Å². The van der Waals surface area contributed by atoms with E-state index in [1.807, 2.05) is 6.07 Å². The van der Waals surface area contributed by atoms with E-state index in [-0.39, 0.29) is 16.9 Å². The van der Waals surface area contributed by atoms with Gasteiger partial charge in [-0.05, 0) is 19.1 Å². The lowest BCUT2D eigenvalue weighted by Crippen LogP contribution is -2.37. The summed E-state index contributed by atoms with van der Waals surface area (Å²) in [5.74, 6) is -1.82. The number of fused-ring (bicyclic) bond motifs is 1. The SMILES string of the molecule is Cc1[nH]cc(NC(=O)CN2C(=O)c3ccccc3C2=O)c1C(=O)c1ccccc1. The van der Waals surface area contributed by atoms with E-state index in [1.54, 1.807) is 55.5 Å². The van der Waals surface area contributed by atoms with Gasteiger partial charge >= 0.3 is 0 Å². The Labute approximate surface area is 166 Å². The minimum absolute atomic E-state index is 0.236. The lowest BCUT2D eigenvalue weighted by Gasteiger charge is -2.14. The quantitative estimate of drug-likeness (QED) is 0.519. The van der Waals surface area contributed by atoms with E-state index in [4.69, 9.17) is 0 Å². The van der Waals surface area contributed by atoms with E-state index >= 15 is 0 Å². The van der Waals surface area contributed by atoms with Crippen molar-refractivity contribution < 1.29 is 19.2 Å². The Hall–Kier alpha value is -4.00. The predicted molar refractivity (Wildman–Crippen MR) is 106 cm³/mol. The monoisotopic (exact) mass is 387 g/mol. The third-order valence-corrected chi connectivity index (χ3v) is 4.79. The first-order valence-corrected chi connectivity index (χ1v) is 9.00. The Balaban J connectivity index is 1.53. The summed E-state index contributed by atoms with van der Waals surface area (Å²) in [6, 6.07) is 15.2. The van der Waals surface area contributed by atoms with Crippen LogP contribution in [0.3, 0.4) is 0 Å². The molecule has 4 rings (SSSR count). The minimum atomic E-state index is -0.569. The first-order chi connectivity index (χ1) is 14.0. The number of nitrogens with one attached hydrogen (secondary N) is 2. The number of hydrogen-bond donors (Lipinski definition) is 2. The van der Waals surface area contributed by atoms with Crippen LogP contribution in [0.5, 0.6) is 0 Å². The molecule has 0 saturated heterocycles. The van der Waals surface area contributed by atoms with Crippen molar-refractivity contribution in [2.45, 2.75) is 6.92 Å². The summed E-state index contributed by atoms with van der Waals surface area (Å²) in [4.78, 5) is 54.1. The average molecular weight is 387 g/mol. The number of aromatic nitrogens is 1. The van der Waals surface area contributed by atoms with E-state index in [0.717, 1.165) is 4.90 Å². The maximum atomic E-state index is 12.8. The van der Waals surface area contributed by atoms with Crippen molar-refractivity contribution in [3.05, 3.63) is 88.7 Å². The second kappa shape index (κ2) is 7.20. The van der Waals surface area contributed by atoms with Gasteiger partial charge in [-0.1, -0.05) is 42.5 Å². The predicted octanol–water partition coefficient (Wildman–Crippen LogP) is 2.79. The molecule has 3 aromatic rings. The van der Waals surface area contributed by atoms with Crippen LogP contribution in [0.15, 0.2) is 60.8 Å². The third-order valence-electron chi connectivity index (χ3n) is 4.79. The molecule has 2 heterocycles. The fourth-order valence-corrected chi connectivity index (χ4v) is 3.37. The third kappa shape index (κ3) is 3.23. The molecule has 2 aromatic carbocycles. The molecule has 0 bridgehead atoms. The molecule has 29 heavy (non-hydrogen) atoms. The van der Waals surface area contributed by atoms with Crippen LogP contribution in [0, 0.1) is 6.92 Å². The average Bonchev–Trinajstić information content (AvgIpc) is 3.21. The highest BCUT2D eigenvalue weighted by atomic mass is 16.2. The molecule has 0 aliphatic carbocycles. The molecule has 0 fully saturated rings. The van der Waals surface area contributed by atoms with Crippen molar-refractivity contribution in [2.75, 3.05) is 11.9 Å². The molecular formula is C22H17N3O4. The zero-order valence-electron chi connectivity index (χ0n) is 15.6. The number of amides is 3. The van der Waals surface area contributed by atoms with Crippen LogP contribution in [0.1, 0.15) is 42.3 Å². The molecule has 144 valence electrons. The van der Waals surface area contributed by atoms with Gasteiger partial charge in [-0.15, -0.1) is 0 Å². The molecule has 3 amide bonds. The Kier molecular flexibility index (Phi) is 4.56. The van der Waals surface area contributed by atoms with Gasteiger partial charge in [0.2, 0.25) is 5.91 Å². The summed E-state index contributed by atoms with van der Waals surface area (Å²) in [6.07, 6.45) is 1.52. The highest BCUT2D eigenvalue weighted by Gasteiger charge is 2.36. The maximum Gasteiger partial charge on any atom is 0.262 e. The largest absolute Gasteiger partial charge is 0.363 e. The number of rotatable bonds is 5. The van der Waals surface area contributed by atoms with Crippen molar-refractivity contribution >= 4 is 29.2 Å². The van der Waals surface area contributed by atoms with Gasteiger partial charge in [0, 0.05) is 17.5 Å². The van der Waals surface area contributed by atoms with Gasteiger partial charge in [0.15, 0.2) is 5.78 Å². The molecule has 0 atom stereocenters. The number of carbonyl (C=O) groups excluding carboxylic acids is 4. The van der Waals surface area contributed by atoms with E-state index in [1.165, 1.54) is 6.20 Å². The zero-order valence-corrected chi connectivity index (χ0v) is 15.6. The zero-order chi connectivity index (χ0) is 20.5. The van der Waals surface area contributed by atoms with Crippen LogP contribution < -0.4 is 5.32 Å². The number of imide groups is 1. The van der Waals surface area contributed by atoms with Crippen LogP contribution >= 0.6 is 0 Å². The Morgan fingerprint density at radius 1 is 0.931 bits per heavy atom. The second-order valence-corrected chi connectivity index (χ2v) is 6.69. The van der Waals surface area contributed by atoms with Crippen LogP contribution in [-0.2, 0) is 4.79 Å². The van der Waals surface area contributed by atoms with Crippen molar-refractivity contribution in [3.8, 4) is 0 Å². The molecule has 2 N–H and O–H groups in total. The molecule has 1 aliphatic rings. The Morgan fingerprint density at radius 3 is 2.14 bits per heavy atom. The molecule has 1 aliphatic heterocycles. The molecule has 7 heteroatoms. The van der Waals surface area contributed by atoms with Gasteiger partial charge in [-0.25, -0.2) is 0 Å². The van der Waals surface area contributed by atoms with Gasteiger partial charge in [-0.3, -0.25) is 24.1 Å². The maximum absolute atomic E-state index is 12.8. The van der Waals surface area contributed by atoms with Gasteiger partial charge in [0.1, 0.15) is 6.54 Å². The molecule has 1 aromatic heterocycles. The van der Waals surface area contributed by atoms with Crippen LogP contribution in [0.2, 0.25) is 0 Å². The number of H-pyrrole nitrogens is 1. The molecule has 0 radical (unpaired) electrons. The molecular weight excluding hydrogens is 370 g/mol. The van der Waals surface area contributed by atoms with E-state index in [9.17, 15) is 19.2 Å². The molecule has 0 spiro atoms. The molecule has 0 saturated carbocycles. The van der Waals surface area contributed by atoms with Crippen molar-refractivity contribution in [1.82, 2.24) is 9.88 Å². The molecule has 7 nitrogen and oxygen atoms in total. The number of aromatic amines is 1. The number of anilines is 1. The molecule has 0 unspecified atom stereocenters. The number of ketones is 1. The van der Waals surface area contributed by atoms with Crippen LogP contribution in [-0.4, -0.2) is 39.9 Å². The summed E-state index contributed by atoms with van der Waals surface area (Å²) in [5, 5.41) is 2.64. The first kappa shape index (κ1) is 18.4. The highest BCUT2D eigenvalue weighted by molar-refractivity contribution is 6.23. The highest BCUT2D eigenvalue weighted by Crippen LogP contribution is 2.24. The lowest BCUT2D eigenvalue weighted by atomic mass is 10.0. The lowest BCUT2D eigenvalue weighted by molar-refractivity contribution is -0.116. The van der Waals surface area contributed by atoms with Crippen LogP contribution in [0.4, 0.5) is 5.69 Å². The second-order valence-electron chi connectivity index (χ2n) is 6.69. The number of nitrogens with zero attached hydrogens (tertiary/aromatic N) is 1. The normalized spacial score (nSPS) is 12.8. The summed E-state index contributed by atoms with van der Waals surface area (Å²) < 4.78 is 0. The standard InChI is InChI=1S/C22H17N3O4/c1-13-19(20(27)14-7-3-2-4-8-14)17(11-23-13)24-18(26)12-25-21(28)15-9-5-6-10-16(15)22(25)29/h2-11,23H,12H2,1H3,(H,24,26). The smallest absolute Gasteiger partial charge is 0.262 e. The minimum Gasteiger partial charge on any atom is -0.363 e. The summed E-state index contributed by atoms with van der Waals surface area (Å²) in [6.45, 7) is 1.30. The summed E-state index contributed by atoms with van der Waals surface area (Å²) in [7, 11) is 0. The van der Waals surface area contributed by atoms with Gasteiger partial charge in [0.25, 0.3) is 11.8 Å². The number of benzene rings is 2. The topological polar surface area (TPSA) is 99.3 Å². The Morgan fingerprint density at radius 2 is 1.52 bits per heavy atom. The Bertz CT molecular complexity index is 1110. The number of aryl methyl sites for hydroxylation is 1. The fourth-order valence-electron chi connectivity index (χ4n) is 3.37. The summed E-state index contributed by atoms with van der Waals surface area (Å²) >= 11 is 0. The van der Waals surface area contributed by atoms with E-state index in [0.29, 0.717) is 22.5 Å². The van der Waals surface area contributed by atoms with Gasteiger partial charge < -0.3 is 10.3 Å². The first-order valence-electron chi connectivity index (χ1n) is 9.00. The van der Waals surface area contributed by atoms with Crippen molar-refractivity contribution in [3.63, 3.8) is 0 Å². The van der Waals surface area contributed by atoms with E-state index in [2.05, 4.69) is 10.3 Å².